The van der Waals surface area contributed by atoms with Gasteiger partial charge in [-0.3, -0.25) is 0 Å². The predicted octanol–water partition coefficient (Wildman–Crippen LogP) is -1.12. The van der Waals surface area contributed by atoms with Crippen molar-refractivity contribution in [2.75, 3.05) is 11.6 Å². The normalized spacial score (nSPS) is 10.9. The second-order valence-corrected chi connectivity index (χ2v) is 5.68. The highest BCUT2D eigenvalue weighted by atomic mass is 29.1. The summed E-state index contributed by atoms with van der Waals surface area (Å²) in [6.07, 6.45) is 1.84. The predicted molar refractivity (Wildman–Crippen MR) is 51.1 cm³/mol. The minimum atomic E-state index is 0.0498. The number of hydrogen-bond donors (Lipinski definition) is 0. The van der Waals surface area contributed by atoms with Crippen molar-refractivity contribution in [3.05, 3.63) is 24.4 Å². The maximum Gasteiger partial charge on any atom is 0.119 e. The van der Waals surface area contributed by atoms with Crippen molar-refractivity contribution < 1.29 is 0 Å². The molecule has 2 nitrogen and oxygen atoms in total. The van der Waals surface area contributed by atoms with Gasteiger partial charge in [0, 0.05) is 16.0 Å². The molecule has 0 aliphatic heterocycles. The van der Waals surface area contributed by atoms with Crippen LogP contribution in [0.25, 0.3) is 0 Å². The molecule has 0 radical (unpaired) electrons. The molecular formula is C6H12N2Si2. The van der Waals surface area contributed by atoms with Gasteiger partial charge in [-0.2, -0.15) is 0 Å². The second-order valence-electron chi connectivity index (χ2n) is 2.20. The minimum Gasteiger partial charge on any atom is -0.395 e. The molecule has 0 N–H and O–H groups in total. The first-order valence-corrected chi connectivity index (χ1v) is 9.75. The molecule has 1 aromatic rings. The van der Waals surface area contributed by atoms with Gasteiger partial charge in [-0.25, -0.2) is 4.98 Å². The Kier molecular flexibility index (Phi) is 2.64. The molecule has 4 heteroatoms. The van der Waals surface area contributed by atoms with E-state index in [1.165, 1.54) is 9.76 Å². The van der Waals surface area contributed by atoms with Crippen LogP contribution in [0.2, 0.25) is 0 Å². The van der Waals surface area contributed by atoms with Crippen LogP contribution in [0.3, 0.4) is 0 Å². The molecule has 0 amide bonds. The first kappa shape index (κ1) is 7.49. The van der Waals surface area contributed by atoms with Crippen molar-refractivity contribution in [2.24, 2.45) is 0 Å². The molecule has 1 rings (SSSR count). The molecule has 1 heterocycles. The van der Waals surface area contributed by atoms with E-state index in [0.29, 0.717) is 0 Å². The van der Waals surface area contributed by atoms with Crippen molar-refractivity contribution >= 4 is 24.8 Å². The summed E-state index contributed by atoms with van der Waals surface area (Å²) in [6, 6.07) is 6.04. The summed E-state index contributed by atoms with van der Waals surface area (Å²) in [7, 11) is 3.51. The van der Waals surface area contributed by atoms with E-state index >= 15 is 0 Å². The molecule has 0 aromatic carbocycles. The lowest BCUT2D eigenvalue weighted by atomic mass is 10.5. The quantitative estimate of drug-likeness (QED) is 0.520. The first-order chi connectivity index (χ1) is 4.84. The zero-order chi connectivity index (χ0) is 7.40. The molecule has 0 atom stereocenters. The van der Waals surface area contributed by atoms with E-state index in [1.807, 2.05) is 18.3 Å². The second kappa shape index (κ2) is 3.53. The van der Waals surface area contributed by atoms with Crippen molar-refractivity contribution in [3.63, 3.8) is 0 Å². The lowest BCUT2D eigenvalue weighted by Crippen LogP contribution is -2.23. The Bertz CT molecular complexity index is 190. The molecular weight excluding hydrogens is 156 g/mol. The maximum atomic E-state index is 4.23. The largest absolute Gasteiger partial charge is 0.395 e. The molecule has 0 saturated carbocycles. The van der Waals surface area contributed by atoms with Crippen molar-refractivity contribution in [1.29, 1.82) is 0 Å². The molecule has 54 valence electrons. The molecule has 0 spiro atoms. The van der Waals surface area contributed by atoms with E-state index in [0.717, 1.165) is 5.82 Å². The van der Waals surface area contributed by atoms with Gasteiger partial charge in [0.05, 0.1) is 0 Å². The van der Waals surface area contributed by atoms with E-state index in [2.05, 4.69) is 22.7 Å². The average molecular weight is 168 g/mol. The fourth-order valence-corrected chi connectivity index (χ4v) is 2.22. The fourth-order valence-electron chi connectivity index (χ4n) is 0.742. The summed E-state index contributed by atoms with van der Waals surface area (Å²) in [5.74, 6) is 1.13. The number of rotatable bonds is 2. The van der Waals surface area contributed by atoms with Crippen LogP contribution < -0.4 is 4.57 Å². The zero-order valence-corrected chi connectivity index (χ0v) is 9.83. The molecule has 1 aromatic heterocycles. The first-order valence-electron chi connectivity index (χ1n) is 3.46. The molecule has 0 bridgehead atoms. The van der Waals surface area contributed by atoms with Crippen LogP contribution in [0.15, 0.2) is 24.4 Å². The van der Waals surface area contributed by atoms with Gasteiger partial charge < -0.3 is 4.57 Å². The number of anilines is 1. The van der Waals surface area contributed by atoms with Crippen molar-refractivity contribution in [3.8, 4) is 0 Å². The Morgan fingerprint density at radius 3 is 2.90 bits per heavy atom. The van der Waals surface area contributed by atoms with Gasteiger partial charge in [-0.1, -0.05) is 6.07 Å². The summed E-state index contributed by atoms with van der Waals surface area (Å²) in [5.41, 5.74) is 0. The van der Waals surface area contributed by atoms with Gasteiger partial charge in [0.1, 0.15) is 15.0 Å². The van der Waals surface area contributed by atoms with Crippen LogP contribution in [0.1, 0.15) is 0 Å². The fraction of sp³-hybridized carbons (Fsp3) is 0.167. The number of aromatic nitrogens is 1. The van der Waals surface area contributed by atoms with E-state index in [-0.39, 0.29) is 9.20 Å². The lowest BCUT2D eigenvalue weighted by Gasteiger charge is -2.14. The summed E-state index contributed by atoms with van der Waals surface area (Å²) in [6.45, 7) is 0. The highest BCUT2D eigenvalue weighted by molar-refractivity contribution is 6.91. The highest BCUT2D eigenvalue weighted by Crippen LogP contribution is 2.02. The molecule has 0 aliphatic carbocycles. The van der Waals surface area contributed by atoms with Crippen LogP contribution in [0.4, 0.5) is 5.82 Å². The molecule has 0 saturated heterocycles. The summed E-state index contributed by atoms with van der Waals surface area (Å²) < 4.78 is 2.30. The van der Waals surface area contributed by atoms with Gasteiger partial charge in [-0.05, 0) is 19.2 Å². The van der Waals surface area contributed by atoms with Gasteiger partial charge in [0.15, 0.2) is 0 Å². The Morgan fingerprint density at radius 2 is 2.40 bits per heavy atom. The van der Waals surface area contributed by atoms with E-state index < -0.39 is 0 Å². The SMILES string of the molecule is CN([SiH2][SiH3])c1ccccn1. The van der Waals surface area contributed by atoms with Crippen LogP contribution >= 0.6 is 0 Å². The highest BCUT2D eigenvalue weighted by Gasteiger charge is 1.94. The van der Waals surface area contributed by atoms with E-state index in [1.54, 1.807) is 0 Å². The van der Waals surface area contributed by atoms with E-state index in [4.69, 9.17) is 0 Å². The van der Waals surface area contributed by atoms with Gasteiger partial charge in [0.25, 0.3) is 0 Å². The lowest BCUT2D eigenvalue weighted by molar-refractivity contribution is 1.20. The van der Waals surface area contributed by atoms with E-state index in [9.17, 15) is 0 Å². The van der Waals surface area contributed by atoms with Crippen LogP contribution in [-0.2, 0) is 0 Å². The molecule has 0 aliphatic rings. The summed E-state index contributed by atoms with van der Waals surface area (Å²) in [5, 5.41) is 0. The number of pyridine rings is 1. The minimum absolute atomic E-state index is 0.0498. The Morgan fingerprint density at radius 1 is 1.60 bits per heavy atom. The maximum absolute atomic E-state index is 4.23. The van der Waals surface area contributed by atoms with Crippen molar-refractivity contribution in [1.82, 2.24) is 4.98 Å². The van der Waals surface area contributed by atoms with Crippen LogP contribution in [0.5, 0.6) is 0 Å². The van der Waals surface area contributed by atoms with Crippen LogP contribution in [-0.4, -0.2) is 31.0 Å². The van der Waals surface area contributed by atoms with Gasteiger partial charge >= 0.3 is 0 Å². The number of nitrogens with zero attached hydrogens (tertiary/aromatic N) is 2. The molecule has 0 unspecified atom stereocenters. The third-order valence-electron chi connectivity index (χ3n) is 1.51. The standard InChI is InChI=1S/C6H12N2Si2/c1-8(10-9)6-4-2-3-5-7-6/h2-5H,10H2,1,9H3. The number of hydrogen-bond acceptors (Lipinski definition) is 2. The van der Waals surface area contributed by atoms with Crippen molar-refractivity contribution in [2.45, 2.75) is 0 Å². The Labute approximate surface area is 66.4 Å². The average Bonchev–Trinajstić information content (AvgIpc) is 2.05. The van der Waals surface area contributed by atoms with Gasteiger partial charge in [-0.15, -0.1) is 0 Å². The van der Waals surface area contributed by atoms with Gasteiger partial charge in [0.2, 0.25) is 0 Å². The Hall–Kier alpha value is -0.616. The van der Waals surface area contributed by atoms with Crippen LogP contribution in [0, 0.1) is 0 Å². The molecule has 0 fully saturated rings. The third kappa shape index (κ3) is 1.68. The Balaban J connectivity index is 2.75. The topological polar surface area (TPSA) is 16.1 Å². The zero-order valence-electron chi connectivity index (χ0n) is 6.41. The summed E-state index contributed by atoms with van der Waals surface area (Å²) >= 11 is 0. The summed E-state index contributed by atoms with van der Waals surface area (Å²) in [4.78, 5) is 4.23. The monoisotopic (exact) mass is 168 g/mol. The third-order valence-corrected chi connectivity index (χ3v) is 5.63. The smallest absolute Gasteiger partial charge is 0.119 e. The molecule has 10 heavy (non-hydrogen) atoms.